The molecular weight excluding hydrogens is 499 g/mol. The number of halogens is 4. The second-order valence-corrected chi connectivity index (χ2v) is 8.27. The molecule has 0 saturated carbocycles. The molecule has 3 aromatic carbocycles. The maximum atomic E-state index is 13.1. The molecule has 2 unspecified atom stereocenters. The fourth-order valence-electron chi connectivity index (χ4n) is 3.86. The van der Waals surface area contributed by atoms with Gasteiger partial charge < -0.3 is 36.2 Å². The molecule has 0 radical (unpaired) electrons. The van der Waals surface area contributed by atoms with Gasteiger partial charge in [-0.25, -0.2) is 4.98 Å². The van der Waals surface area contributed by atoms with Gasteiger partial charge in [0, 0.05) is 34.4 Å². The molecule has 1 aliphatic rings. The van der Waals surface area contributed by atoms with Crippen molar-refractivity contribution in [3.05, 3.63) is 77.4 Å². The Morgan fingerprint density at radius 3 is 2.53 bits per heavy atom. The lowest BCUT2D eigenvalue weighted by atomic mass is 10.1. The van der Waals surface area contributed by atoms with Gasteiger partial charge in [0.05, 0.1) is 10.6 Å². The number of pyridine rings is 1. The minimum absolute atomic E-state index is 0.0332. The zero-order valence-electron chi connectivity index (χ0n) is 18.3. The molecule has 12 heteroatoms. The molecule has 0 bridgehead atoms. The third-order valence-corrected chi connectivity index (χ3v) is 5.77. The average Bonchev–Trinajstić information content (AvgIpc) is 3.22. The maximum Gasteiger partial charge on any atom is 0.417 e. The second-order valence-electron chi connectivity index (χ2n) is 7.87. The van der Waals surface area contributed by atoms with Crippen molar-refractivity contribution in [1.29, 1.82) is 0 Å². The van der Waals surface area contributed by atoms with Crippen molar-refractivity contribution in [2.45, 2.75) is 18.9 Å². The molecule has 5 rings (SSSR count). The van der Waals surface area contributed by atoms with Crippen LogP contribution in [0.5, 0.6) is 11.5 Å². The zero-order chi connectivity index (χ0) is 25.4. The first-order chi connectivity index (χ1) is 17.2. The molecule has 4 aromatic rings. The molecule has 0 fully saturated rings. The standard InChI is InChI=1S/C24H19ClF3N5O3/c25-16-6-5-12(11-15(16)24(26,27)28)30-22(34)31-17-7-8-18(14-4-2-1-3-13(14)17)36-19-9-10-29-21-20(19)32-23(35)33-21/h1-11,22-23,30-32,34-35H,(H,29,33). The molecule has 36 heavy (non-hydrogen) atoms. The topological polar surface area (TPSA) is 111 Å². The number of hydrogen-bond acceptors (Lipinski definition) is 8. The SMILES string of the molecule is OC1Nc2nccc(Oc3ccc(NC(O)Nc4ccc(Cl)c(C(F)(F)F)c4)c4ccccc34)c2N1. The summed E-state index contributed by atoms with van der Waals surface area (Å²) in [6.07, 6.45) is -5.48. The van der Waals surface area contributed by atoms with Crippen molar-refractivity contribution in [2.75, 3.05) is 21.3 Å². The van der Waals surface area contributed by atoms with Crippen molar-refractivity contribution in [3.63, 3.8) is 0 Å². The van der Waals surface area contributed by atoms with Crippen LogP contribution in [0.15, 0.2) is 66.9 Å². The predicted octanol–water partition coefficient (Wildman–Crippen LogP) is 5.61. The Kier molecular flexibility index (Phi) is 6.12. The normalized spacial score (nSPS) is 15.6. The van der Waals surface area contributed by atoms with E-state index in [0.717, 1.165) is 12.1 Å². The first-order valence-corrected chi connectivity index (χ1v) is 11.0. The molecule has 0 aliphatic carbocycles. The van der Waals surface area contributed by atoms with Gasteiger partial charge in [0.25, 0.3) is 0 Å². The Hall–Kier alpha value is -3.93. The summed E-state index contributed by atoms with van der Waals surface area (Å²) in [6.45, 7) is 0. The molecule has 6 N–H and O–H groups in total. The molecule has 186 valence electrons. The summed E-state index contributed by atoms with van der Waals surface area (Å²) in [7, 11) is 0. The number of fused-ring (bicyclic) bond motifs is 2. The molecule has 8 nitrogen and oxygen atoms in total. The van der Waals surface area contributed by atoms with Crippen LogP contribution in [0.25, 0.3) is 10.8 Å². The molecule has 1 aromatic heterocycles. The highest BCUT2D eigenvalue weighted by atomic mass is 35.5. The average molecular weight is 518 g/mol. The highest BCUT2D eigenvalue weighted by Gasteiger charge is 2.33. The summed E-state index contributed by atoms with van der Waals surface area (Å²) in [6, 6.07) is 15.6. The number of nitrogens with one attached hydrogen (secondary N) is 4. The largest absolute Gasteiger partial charge is 0.454 e. The number of benzene rings is 3. The van der Waals surface area contributed by atoms with Gasteiger partial charge >= 0.3 is 6.18 Å². The molecule has 1 aliphatic heterocycles. The van der Waals surface area contributed by atoms with Crippen LogP contribution in [-0.2, 0) is 6.18 Å². The first kappa shape index (κ1) is 23.8. The van der Waals surface area contributed by atoms with Gasteiger partial charge in [-0.3, -0.25) is 0 Å². The summed E-state index contributed by atoms with van der Waals surface area (Å²) >= 11 is 5.66. The lowest BCUT2D eigenvalue weighted by Gasteiger charge is -2.20. The number of alkyl halides is 3. The lowest BCUT2D eigenvalue weighted by molar-refractivity contribution is -0.137. The van der Waals surface area contributed by atoms with Gasteiger partial charge in [-0.15, -0.1) is 0 Å². The van der Waals surface area contributed by atoms with E-state index in [9.17, 15) is 23.4 Å². The summed E-state index contributed by atoms with van der Waals surface area (Å²) in [4.78, 5) is 4.15. The molecule has 0 spiro atoms. The van der Waals surface area contributed by atoms with E-state index in [1.807, 2.05) is 18.2 Å². The third kappa shape index (κ3) is 4.76. The Bertz CT molecular complexity index is 1440. The van der Waals surface area contributed by atoms with Gasteiger partial charge in [-0.1, -0.05) is 35.9 Å². The number of aromatic nitrogens is 1. The molecule has 2 heterocycles. The smallest absolute Gasteiger partial charge is 0.417 e. The van der Waals surface area contributed by atoms with Gasteiger partial charge in [0.15, 0.2) is 11.6 Å². The number of nitrogens with zero attached hydrogens (tertiary/aromatic N) is 1. The van der Waals surface area contributed by atoms with Crippen LogP contribution >= 0.6 is 11.6 Å². The van der Waals surface area contributed by atoms with Crippen LogP contribution < -0.4 is 26.0 Å². The van der Waals surface area contributed by atoms with Crippen molar-refractivity contribution < 1.29 is 28.1 Å². The minimum atomic E-state index is -4.63. The minimum Gasteiger partial charge on any atom is -0.454 e. The quantitative estimate of drug-likeness (QED) is 0.183. The van der Waals surface area contributed by atoms with Gasteiger partial charge in [0.2, 0.25) is 12.7 Å². The van der Waals surface area contributed by atoms with Crippen LogP contribution in [0.4, 0.5) is 36.1 Å². The van der Waals surface area contributed by atoms with E-state index < -0.39 is 29.5 Å². The fraction of sp³-hybridized carbons (Fsp3) is 0.125. The summed E-state index contributed by atoms with van der Waals surface area (Å²) < 4.78 is 45.6. The third-order valence-electron chi connectivity index (χ3n) is 5.44. The fourth-order valence-corrected chi connectivity index (χ4v) is 4.08. The van der Waals surface area contributed by atoms with Gasteiger partial charge in [-0.05, 0) is 30.3 Å². The summed E-state index contributed by atoms with van der Waals surface area (Å²) in [5.74, 6) is 1.40. The van der Waals surface area contributed by atoms with E-state index >= 15 is 0 Å². The van der Waals surface area contributed by atoms with Crippen molar-refractivity contribution >= 4 is 45.3 Å². The number of anilines is 4. The maximum absolute atomic E-state index is 13.1. The number of rotatable bonds is 6. The van der Waals surface area contributed by atoms with E-state index in [0.29, 0.717) is 39.5 Å². The van der Waals surface area contributed by atoms with Gasteiger partial charge in [-0.2, -0.15) is 13.2 Å². The van der Waals surface area contributed by atoms with E-state index in [1.54, 1.807) is 30.5 Å². The Balaban J connectivity index is 1.39. The molecule has 0 saturated heterocycles. The van der Waals surface area contributed by atoms with Crippen LogP contribution in [-0.4, -0.2) is 27.9 Å². The number of ether oxygens (including phenoxy) is 1. The van der Waals surface area contributed by atoms with Crippen molar-refractivity contribution in [1.82, 2.24) is 4.98 Å². The summed E-state index contributed by atoms with van der Waals surface area (Å²) in [5, 5.41) is 32.3. The Labute approximate surface area is 207 Å². The molecular formula is C24H19ClF3N5O3. The Morgan fingerprint density at radius 2 is 1.75 bits per heavy atom. The second kappa shape index (κ2) is 9.26. The first-order valence-electron chi connectivity index (χ1n) is 10.7. The molecule has 0 amide bonds. The Morgan fingerprint density at radius 1 is 0.972 bits per heavy atom. The van der Waals surface area contributed by atoms with E-state index in [-0.39, 0.29) is 5.69 Å². The van der Waals surface area contributed by atoms with E-state index in [4.69, 9.17) is 16.3 Å². The highest BCUT2D eigenvalue weighted by Crippen LogP contribution is 2.41. The van der Waals surface area contributed by atoms with E-state index in [2.05, 4.69) is 26.3 Å². The number of aliphatic hydroxyl groups is 2. The van der Waals surface area contributed by atoms with Crippen LogP contribution in [0.3, 0.4) is 0 Å². The van der Waals surface area contributed by atoms with Crippen molar-refractivity contribution in [3.8, 4) is 11.5 Å². The number of aliphatic hydroxyl groups excluding tert-OH is 2. The zero-order valence-corrected chi connectivity index (χ0v) is 19.0. The highest BCUT2D eigenvalue weighted by molar-refractivity contribution is 6.31. The summed E-state index contributed by atoms with van der Waals surface area (Å²) in [5.41, 5.74) is 0.0502. The predicted molar refractivity (Wildman–Crippen MR) is 131 cm³/mol. The monoisotopic (exact) mass is 517 g/mol. The van der Waals surface area contributed by atoms with Crippen molar-refractivity contribution in [2.24, 2.45) is 0 Å². The van der Waals surface area contributed by atoms with E-state index in [1.165, 1.54) is 6.07 Å². The van der Waals surface area contributed by atoms with Crippen LogP contribution in [0.2, 0.25) is 5.02 Å². The van der Waals surface area contributed by atoms with Gasteiger partial charge in [0.1, 0.15) is 11.4 Å². The van der Waals surface area contributed by atoms with Crippen LogP contribution in [0.1, 0.15) is 5.56 Å². The lowest BCUT2D eigenvalue weighted by Crippen LogP contribution is -2.28. The number of hydrogen-bond donors (Lipinski definition) is 6. The van der Waals surface area contributed by atoms with Crippen LogP contribution in [0, 0.1) is 0 Å². The molecule has 2 atom stereocenters.